The van der Waals surface area contributed by atoms with Gasteiger partial charge in [-0.25, -0.2) is 13.6 Å². The minimum Gasteiger partial charge on any atom is -0.478 e. The van der Waals surface area contributed by atoms with E-state index < -0.39 is 47.9 Å². The Morgan fingerprint density at radius 1 is 1.47 bits per heavy atom. The van der Waals surface area contributed by atoms with Gasteiger partial charge in [0.05, 0.1) is 6.20 Å². The first-order chi connectivity index (χ1) is 8.67. The van der Waals surface area contributed by atoms with Gasteiger partial charge in [-0.1, -0.05) is 0 Å². The standard InChI is InChI=1S/C9H7F5N2O3/c10-7(11)6-3(1-15)5(8(17)18)4(2-16-6)19-9(12,13)14/h2,7H,1,15H2,(H,17,18). The van der Waals surface area contributed by atoms with Crippen LogP contribution in [0, 0.1) is 0 Å². The number of aromatic nitrogens is 1. The highest BCUT2D eigenvalue weighted by atomic mass is 19.4. The summed E-state index contributed by atoms with van der Waals surface area (Å²) in [5.74, 6) is -3.06. The third-order valence-corrected chi connectivity index (χ3v) is 2.03. The molecule has 0 radical (unpaired) electrons. The van der Waals surface area contributed by atoms with E-state index in [1.54, 1.807) is 0 Å². The van der Waals surface area contributed by atoms with Crippen LogP contribution in [0.15, 0.2) is 6.20 Å². The molecule has 106 valence electrons. The van der Waals surface area contributed by atoms with Crippen LogP contribution in [0.25, 0.3) is 0 Å². The monoisotopic (exact) mass is 286 g/mol. The summed E-state index contributed by atoms with van der Waals surface area (Å²) >= 11 is 0. The zero-order chi connectivity index (χ0) is 14.8. The molecule has 0 aliphatic heterocycles. The van der Waals surface area contributed by atoms with E-state index in [1.165, 1.54) is 0 Å². The van der Waals surface area contributed by atoms with E-state index in [0.29, 0.717) is 0 Å². The van der Waals surface area contributed by atoms with Gasteiger partial charge in [0.15, 0.2) is 5.75 Å². The van der Waals surface area contributed by atoms with Crippen LogP contribution >= 0.6 is 0 Å². The minimum atomic E-state index is -5.18. The van der Waals surface area contributed by atoms with Crippen molar-refractivity contribution in [3.63, 3.8) is 0 Å². The average Bonchev–Trinajstić information content (AvgIpc) is 2.25. The maximum Gasteiger partial charge on any atom is 0.573 e. The van der Waals surface area contributed by atoms with Gasteiger partial charge in [0.2, 0.25) is 0 Å². The molecule has 5 nitrogen and oxygen atoms in total. The van der Waals surface area contributed by atoms with E-state index >= 15 is 0 Å². The van der Waals surface area contributed by atoms with Gasteiger partial charge in [0, 0.05) is 12.1 Å². The van der Waals surface area contributed by atoms with Crippen LogP contribution in [0.4, 0.5) is 22.0 Å². The third kappa shape index (κ3) is 3.50. The normalized spacial score (nSPS) is 11.7. The number of ether oxygens (including phenoxy) is 1. The number of aromatic carboxylic acids is 1. The number of carboxylic acid groups (broad SMARTS) is 1. The lowest BCUT2D eigenvalue weighted by molar-refractivity contribution is -0.274. The summed E-state index contributed by atoms with van der Waals surface area (Å²) < 4.78 is 64.7. The van der Waals surface area contributed by atoms with Gasteiger partial charge in [-0.05, 0) is 0 Å². The predicted octanol–water partition coefficient (Wildman–Crippen LogP) is 2.07. The molecular weight excluding hydrogens is 279 g/mol. The number of carboxylic acids is 1. The minimum absolute atomic E-state index is 0.275. The Balaban J connectivity index is 3.46. The first kappa shape index (κ1) is 15.1. The summed E-state index contributed by atoms with van der Waals surface area (Å²) in [4.78, 5) is 13.9. The van der Waals surface area contributed by atoms with Crippen LogP contribution < -0.4 is 10.5 Å². The molecule has 0 aliphatic rings. The molecule has 1 heterocycles. The summed E-state index contributed by atoms with van der Waals surface area (Å²) in [7, 11) is 0. The van der Waals surface area contributed by atoms with Gasteiger partial charge < -0.3 is 15.6 Å². The Morgan fingerprint density at radius 2 is 2.05 bits per heavy atom. The Hall–Kier alpha value is -1.97. The highest BCUT2D eigenvalue weighted by Gasteiger charge is 2.35. The first-order valence-corrected chi connectivity index (χ1v) is 4.66. The number of hydrogen-bond donors (Lipinski definition) is 2. The molecule has 0 fully saturated rings. The number of halogens is 5. The van der Waals surface area contributed by atoms with E-state index in [-0.39, 0.29) is 6.20 Å². The van der Waals surface area contributed by atoms with Crippen molar-refractivity contribution in [2.24, 2.45) is 5.73 Å². The van der Waals surface area contributed by atoms with Crippen LogP contribution in [0.1, 0.15) is 28.0 Å². The van der Waals surface area contributed by atoms with Gasteiger partial charge in [-0.3, -0.25) is 4.98 Å². The molecule has 0 atom stereocenters. The molecule has 1 aromatic rings. The second-order valence-electron chi connectivity index (χ2n) is 3.22. The largest absolute Gasteiger partial charge is 0.573 e. The molecule has 1 aromatic heterocycles. The number of alkyl halides is 5. The Kier molecular flexibility index (Phi) is 4.24. The van der Waals surface area contributed by atoms with Gasteiger partial charge in [0.25, 0.3) is 6.43 Å². The van der Waals surface area contributed by atoms with Gasteiger partial charge in [0.1, 0.15) is 11.3 Å². The highest BCUT2D eigenvalue weighted by Crippen LogP contribution is 2.32. The van der Waals surface area contributed by atoms with Gasteiger partial charge in [-0.15, -0.1) is 13.2 Å². The van der Waals surface area contributed by atoms with Crippen molar-refractivity contribution >= 4 is 5.97 Å². The van der Waals surface area contributed by atoms with Crippen molar-refractivity contribution in [2.45, 2.75) is 19.3 Å². The van der Waals surface area contributed by atoms with Gasteiger partial charge in [-0.2, -0.15) is 0 Å². The molecular formula is C9H7F5N2O3. The van der Waals surface area contributed by atoms with Crippen LogP contribution in [-0.2, 0) is 6.54 Å². The lowest BCUT2D eigenvalue weighted by Crippen LogP contribution is -2.21. The van der Waals surface area contributed by atoms with Crippen LogP contribution in [0.2, 0.25) is 0 Å². The average molecular weight is 286 g/mol. The number of nitrogens with zero attached hydrogens (tertiary/aromatic N) is 1. The Morgan fingerprint density at radius 3 is 2.42 bits per heavy atom. The van der Waals surface area contributed by atoms with E-state index in [9.17, 15) is 26.7 Å². The molecule has 0 saturated carbocycles. The fourth-order valence-corrected chi connectivity index (χ4v) is 1.38. The van der Waals surface area contributed by atoms with Crippen molar-refractivity contribution < 1.29 is 36.6 Å². The van der Waals surface area contributed by atoms with Gasteiger partial charge >= 0.3 is 12.3 Å². The van der Waals surface area contributed by atoms with E-state index in [4.69, 9.17) is 10.8 Å². The number of carbonyl (C=O) groups is 1. The number of pyridine rings is 1. The van der Waals surface area contributed by atoms with E-state index in [0.717, 1.165) is 0 Å². The molecule has 0 aliphatic carbocycles. The predicted molar refractivity (Wildman–Crippen MR) is 50.7 cm³/mol. The summed E-state index contributed by atoms with van der Waals surface area (Å²) in [6.45, 7) is -0.719. The number of nitrogens with two attached hydrogens (primary N) is 1. The fourth-order valence-electron chi connectivity index (χ4n) is 1.38. The third-order valence-electron chi connectivity index (χ3n) is 2.03. The number of hydrogen-bond acceptors (Lipinski definition) is 4. The molecule has 0 aromatic carbocycles. The summed E-state index contributed by atoms with van der Waals surface area (Å²) in [6.07, 6.45) is -8.07. The lowest BCUT2D eigenvalue weighted by atomic mass is 10.1. The molecule has 0 amide bonds. The smallest absolute Gasteiger partial charge is 0.478 e. The maximum absolute atomic E-state index is 12.6. The highest BCUT2D eigenvalue weighted by molar-refractivity contribution is 5.92. The van der Waals surface area contributed by atoms with E-state index in [2.05, 4.69) is 9.72 Å². The first-order valence-electron chi connectivity index (χ1n) is 4.66. The molecule has 1 rings (SSSR count). The lowest BCUT2D eigenvalue weighted by Gasteiger charge is -2.15. The summed E-state index contributed by atoms with van der Waals surface area (Å²) in [6, 6.07) is 0. The van der Waals surface area contributed by atoms with Crippen LogP contribution in [0.3, 0.4) is 0 Å². The van der Waals surface area contributed by atoms with Crippen molar-refractivity contribution in [3.8, 4) is 5.75 Å². The molecule has 0 saturated heterocycles. The molecule has 0 unspecified atom stereocenters. The molecule has 3 N–H and O–H groups in total. The SMILES string of the molecule is NCc1c(C(F)F)ncc(OC(F)(F)F)c1C(=O)O. The second kappa shape index (κ2) is 5.34. The molecule has 0 spiro atoms. The van der Waals surface area contributed by atoms with Crippen LogP contribution in [0.5, 0.6) is 5.75 Å². The summed E-state index contributed by atoms with van der Waals surface area (Å²) in [5.41, 5.74) is 2.31. The van der Waals surface area contributed by atoms with Crippen molar-refractivity contribution in [3.05, 3.63) is 23.0 Å². The maximum atomic E-state index is 12.6. The molecule has 19 heavy (non-hydrogen) atoms. The van der Waals surface area contributed by atoms with Crippen molar-refractivity contribution in [1.29, 1.82) is 0 Å². The Labute approximate surface area is 102 Å². The topological polar surface area (TPSA) is 85.4 Å². The number of rotatable bonds is 4. The quantitative estimate of drug-likeness (QED) is 0.828. The zero-order valence-corrected chi connectivity index (χ0v) is 9.04. The van der Waals surface area contributed by atoms with Crippen molar-refractivity contribution in [1.82, 2.24) is 4.98 Å². The van der Waals surface area contributed by atoms with Crippen LogP contribution in [-0.4, -0.2) is 22.4 Å². The van der Waals surface area contributed by atoms with Crippen molar-refractivity contribution in [2.75, 3.05) is 0 Å². The van der Waals surface area contributed by atoms with E-state index in [1.807, 2.05) is 0 Å². The Bertz CT molecular complexity index is 489. The molecule has 0 bridgehead atoms. The summed E-state index contributed by atoms with van der Waals surface area (Å²) in [5, 5.41) is 8.81. The molecule has 10 heteroatoms. The fraction of sp³-hybridized carbons (Fsp3) is 0.333. The second-order valence-corrected chi connectivity index (χ2v) is 3.22. The zero-order valence-electron chi connectivity index (χ0n) is 9.04.